The normalized spacial score (nSPS) is 15.4. The minimum atomic E-state index is -0.235. The van der Waals surface area contributed by atoms with Crippen LogP contribution in [0.25, 0.3) is 11.4 Å². The highest BCUT2D eigenvalue weighted by Gasteiger charge is 2.20. The number of hydrogen-bond donors (Lipinski definition) is 0. The van der Waals surface area contributed by atoms with Crippen LogP contribution in [0.4, 0.5) is 4.39 Å². The van der Waals surface area contributed by atoms with E-state index in [0.29, 0.717) is 24.8 Å². The zero-order chi connectivity index (χ0) is 20.9. The number of ether oxygens (including phenoxy) is 1. The summed E-state index contributed by atoms with van der Waals surface area (Å²) in [5.41, 5.74) is 3.13. The van der Waals surface area contributed by atoms with Gasteiger partial charge in [0.1, 0.15) is 11.6 Å². The molecule has 1 aromatic heterocycles. The maximum Gasteiger partial charge on any atom is 0.241 e. The van der Waals surface area contributed by atoms with Crippen LogP contribution in [0.2, 0.25) is 0 Å². The fourth-order valence-electron chi connectivity index (χ4n) is 3.73. The zero-order valence-electron chi connectivity index (χ0n) is 17.5. The molecule has 2 heterocycles. The molecule has 3 aromatic rings. The van der Waals surface area contributed by atoms with Crippen LogP contribution in [-0.2, 0) is 19.5 Å². The number of piperazine rings is 1. The van der Waals surface area contributed by atoms with E-state index in [0.717, 1.165) is 49.5 Å². The molecule has 1 aliphatic heterocycles. The molecule has 7 heteroatoms. The van der Waals surface area contributed by atoms with E-state index in [2.05, 4.69) is 39.0 Å². The monoisotopic (exact) mass is 410 g/mol. The number of aromatic nitrogens is 2. The first kappa shape index (κ1) is 20.5. The van der Waals surface area contributed by atoms with E-state index in [4.69, 9.17) is 9.26 Å². The van der Waals surface area contributed by atoms with E-state index >= 15 is 0 Å². The smallest absolute Gasteiger partial charge is 0.241 e. The molecule has 30 heavy (non-hydrogen) atoms. The summed E-state index contributed by atoms with van der Waals surface area (Å²) in [6.07, 6.45) is 1.01. The minimum absolute atomic E-state index is 0.235. The summed E-state index contributed by atoms with van der Waals surface area (Å²) in [5.74, 6) is 1.75. The molecular weight excluding hydrogens is 383 g/mol. The molecule has 0 N–H and O–H groups in total. The zero-order valence-corrected chi connectivity index (χ0v) is 17.5. The van der Waals surface area contributed by atoms with Gasteiger partial charge in [0.2, 0.25) is 11.7 Å². The predicted octanol–water partition coefficient (Wildman–Crippen LogP) is 3.76. The maximum atomic E-state index is 13.6. The van der Waals surface area contributed by atoms with E-state index in [1.54, 1.807) is 19.2 Å². The van der Waals surface area contributed by atoms with E-state index < -0.39 is 0 Å². The van der Waals surface area contributed by atoms with Crippen molar-refractivity contribution >= 4 is 0 Å². The molecule has 0 unspecified atom stereocenters. The average Bonchev–Trinajstić information content (AvgIpc) is 3.24. The molecule has 1 saturated heterocycles. The first-order chi connectivity index (χ1) is 14.6. The number of nitrogens with zero attached hydrogens (tertiary/aromatic N) is 4. The van der Waals surface area contributed by atoms with Gasteiger partial charge < -0.3 is 9.26 Å². The lowest BCUT2D eigenvalue weighted by Gasteiger charge is -2.34. The molecule has 1 aliphatic rings. The topological polar surface area (TPSA) is 54.6 Å². The largest absolute Gasteiger partial charge is 0.496 e. The van der Waals surface area contributed by atoms with E-state index in [1.807, 2.05) is 12.1 Å². The van der Waals surface area contributed by atoms with Crippen molar-refractivity contribution in [3.8, 4) is 17.1 Å². The van der Waals surface area contributed by atoms with Gasteiger partial charge in [-0.15, -0.1) is 0 Å². The Balaban J connectivity index is 1.31. The standard InChI is InChI=1S/C23H27FN4O2/c1-3-17-4-6-18(7-5-17)23-25-22(30-26-23)16-28-12-10-27(11-13-28)15-19-14-20(24)8-9-21(19)29-2/h4-9,14H,3,10-13,15-16H2,1-2H3. The highest BCUT2D eigenvalue weighted by molar-refractivity contribution is 5.54. The number of halogens is 1. The molecule has 0 aliphatic carbocycles. The summed E-state index contributed by atoms with van der Waals surface area (Å²) in [6, 6.07) is 12.9. The molecule has 4 rings (SSSR count). The third kappa shape index (κ3) is 4.86. The van der Waals surface area contributed by atoms with E-state index in [-0.39, 0.29) is 5.82 Å². The molecule has 0 bridgehead atoms. The van der Waals surface area contributed by atoms with Gasteiger partial charge in [-0.25, -0.2) is 4.39 Å². The number of aryl methyl sites for hydroxylation is 1. The van der Waals surface area contributed by atoms with Gasteiger partial charge in [0.15, 0.2) is 0 Å². The second-order valence-electron chi connectivity index (χ2n) is 7.57. The third-order valence-corrected chi connectivity index (χ3v) is 5.55. The van der Waals surface area contributed by atoms with Crippen molar-refractivity contribution in [3.63, 3.8) is 0 Å². The Bertz CT molecular complexity index is 966. The van der Waals surface area contributed by atoms with Crippen molar-refractivity contribution in [1.29, 1.82) is 0 Å². The predicted molar refractivity (Wildman–Crippen MR) is 113 cm³/mol. The van der Waals surface area contributed by atoms with Crippen LogP contribution in [0.15, 0.2) is 47.0 Å². The van der Waals surface area contributed by atoms with Crippen molar-refractivity contribution < 1.29 is 13.7 Å². The van der Waals surface area contributed by atoms with Crippen molar-refractivity contribution in [2.45, 2.75) is 26.4 Å². The second-order valence-corrected chi connectivity index (χ2v) is 7.57. The average molecular weight is 410 g/mol. The van der Waals surface area contributed by atoms with Crippen molar-refractivity contribution in [2.75, 3.05) is 33.3 Å². The van der Waals surface area contributed by atoms with E-state index in [1.165, 1.54) is 11.6 Å². The summed E-state index contributed by atoms with van der Waals surface area (Å²) < 4.78 is 24.4. The van der Waals surface area contributed by atoms with Gasteiger partial charge in [0, 0.05) is 43.9 Å². The Kier molecular flexibility index (Phi) is 6.40. The quantitative estimate of drug-likeness (QED) is 0.591. The van der Waals surface area contributed by atoms with E-state index in [9.17, 15) is 4.39 Å². The Labute approximate surface area is 176 Å². The molecular formula is C23H27FN4O2. The van der Waals surface area contributed by atoms with Crippen LogP contribution in [0.1, 0.15) is 23.9 Å². The molecule has 6 nitrogen and oxygen atoms in total. The van der Waals surface area contributed by atoms with Crippen LogP contribution in [-0.4, -0.2) is 53.2 Å². The lowest BCUT2D eigenvalue weighted by Crippen LogP contribution is -2.45. The first-order valence-corrected chi connectivity index (χ1v) is 10.3. The summed E-state index contributed by atoms with van der Waals surface area (Å²) in [5, 5.41) is 4.13. The molecule has 0 atom stereocenters. The third-order valence-electron chi connectivity index (χ3n) is 5.55. The van der Waals surface area contributed by atoms with Crippen molar-refractivity contribution in [1.82, 2.24) is 19.9 Å². The van der Waals surface area contributed by atoms with Gasteiger partial charge in [0.25, 0.3) is 0 Å². The number of rotatable bonds is 7. The molecule has 0 amide bonds. The Morgan fingerprint density at radius 2 is 1.70 bits per heavy atom. The molecule has 1 fully saturated rings. The summed E-state index contributed by atoms with van der Waals surface area (Å²) in [7, 11) is 1.62. The minimum Gasteiger partial charge on any atom is -0.496 e. The van der Waals surface area contributed by atoms with Crippen LogP contribution in [0.5, 0.6) is 5.75 Å². The molecule has 0 spiro atoms. The lowest BCUT2D eigenvalue weighted by atomic mass is 10.1. The van der Waals surface area contributed by atoms with Gasteiger partial charge in [-0.1, -0.05) is 36.3 Å². The highest BCUT2D eigenvalue weighted by Crippen LogP contribution is 2.22. The second kappa shape index (κ2) is 9.36. The molecule has 158 valence electrons. The van der Waals surface area contributed by atoms with Crippen LogP contribution in [0, 0.1) is 5.82 Å². The fraction of sp³-hybridized carbons (Fsp3) is 0.391. The number of hydrogen-bond acceptors (Lipinski definition) is 6. The SMILES string of the molecule is CCc1ccc(-c2noc(CN3CCN(Cc4cc(F)ccc4OC)CC3)n2)cc1. The van der Waals surface area contributed by atoms with Gasteiger partial charge >= 0.3 is 0 Å². The van der Waals surface area contributed by atoms with Crippen molar-refractivity contribution in [3.05, 3.63) is 65.3 Å². The summed E-state index contributed by atoms with van der Waals surface area (Å²) >= 11 is 0. The molecule has 0 saturated carbocycles. The Hall–Kier alpha value is -2.77. The summed E-state index contributed by atoms with van der Waals surface area (Å²) in [6.45, 7) is 7.00. The van der Waals surface area contributed by atoms with Gasteiger partial charge in [-0.2, -0.15) is 4.98 Å². The lowest BCUT2D eigenvalue weighted by molar-refractivity contribution is 0.111. The van der Waals surface area contributed by atoms with Gasteiger partial charge in [0.05, 0.1) is 13.7 Å². The van der Waals surface area contributed by atoms with Crippen molar-refractivity contribution in [2.24, 2.45) is 0 Å². The fourth-order valence-corrected chi connectivity index (χ4v) is 3.73. The Morgan fingerprint density at radius 3 is 2.37 bits per heavy atom. The Morgan fingerprint density at radius 1 is 1.00 bits per heavy atom. The summed E-state index contributed by atoms with van der Waals surface area (Å²) in [4.78, 5) is 9.17. The van der Waals surface area contributed by atoms with Crippen LogP contribution < -0.4 is 4.74 Å². The molecule has 0 radical (unpaired) electrons. The van der Waals surface area contributed by atoms with Crippen LogP contribution >= 0.6 is 0 Å². The van der Waals surface area contributed by atoms with Crippen LogP contribution in [0.3, 0.4) is 0 Å². The van der Waals surface area contributed by atoms with Gasteiger partial charge in [-0.3, -0.25) is 9.80 Å². The maximum absolute atomic E-state index is 13.6. The molecule has 2 aromatic carbocycles. The first-order valence-electron chi connectivity index (χ1n) is 10.3. The number of benzene rings is 2. The highest BCUT2D eigenvalue weighted by atomic mass is 19.1. The van der Waals surface area contributed by atoms with Gasteiger partial charge in [-0.05, 0) is 30.2 Å². The number of methoxy groups -OCH3 is 1.